The molecule has 1 aromatic heterocycles. The lowest BCUT2D eigenvalue weighted by Gasteiger charge is -2.05. The Morgan fingerprint density at radius 2 is 2.08 bits per heavy atom. The maximum atomic E-state index is 5.52. The molecule has 6 heteroatoms. The molecular weight excluding hydrogens is 173 g/mol. The van der Waals surface area contributed by atoms with Crippen molar-refractivity contribution >= 4 is 19.7 Å². The topological polar surface area (TPSA) is 67.9 Å². The van der Waals surface area contributed by atoms with E-state index in [1.165, 1.54) is 0 Å². The maximum absolute atomic E-state index is 5.52. The Kier molecular flexibility index (Phi) is 2.76. The number of aromatic nitrogens is 3. The van der Waals surface area contributed by atoms with E-state index in [0.717, 1.165) is 6.16 Å². The fourth-order valence-corrected chi connectivity index (χ4v) is 1.76. The Labute approximate surface area is 72.9 Å². The second-order valence-electron chi connectivity index (χ2n) is 2.55. The highest BCUT2D eigenvalue weighted by Gasteiger charge is 2.13. The van der Waals surface area contributed by atoms with Gasteiger partial charge in [0.1, 0.15) is 0 Å². The Morgan fingerprint density at radius 3 is 2.58 bits per heavy atom. The first-order chi connectivity index (χ1) is 5.63. The van der Waals surface area contributed by atoms with Crippen molar-refractivity contribution in [2.24, 2.45) is 0 Å². The fourth-order valence-electron chi connectivity index (χ4n) is 0.722. The molecule has 1 unspecified atom stereocenters. The summed E-state index contributed by atoms with van der Waals surface area (Å²) in [5.41, 5.74) is 5.52. The third kappa shape index (κ3) is 2.01. The molecule has 0 fully saturated rings. The minimum Gasteiger partial charge on any atom is -0.365 e. The first kappa shape index (κ1) is 9.13. The van der Waals surface area contributed by atoms with Crippen molar-refractivity contribution in [1.82, 2.24) is 14.5 Å². The normalized spacial score (nSPS) is 11.4. The Morgan fingerprint density at radius 1 is 1.42 bits per heavy atom. The molecule has 12 heavy (non-hydrogen) atoms. The van der Waals surface area contributed by atoms with Gasteiger partial charge in [-0.05, 0) is 16.4 Å². The van der Waals surface area contributed by atoms with Gasteiger partial charge in [-0.2, -0.15) is 4.98 Å². The first-order valence-electron chi connectivity index (χ1n) is 3.72. The lowest BCUT2D eigenvalue weighted by Crippen LogP contribution is -2.13. The van der Waals surface area contributed by atoms with Gasteiger partial charge in [0, 0.05) is 14.1 Å². The average molecular weight is 186 g/mol. The molecular formula is C6H13N5P+. The summed E-state index contributed by atoms with van der Waals surface area (Å²) in [5, 5.41) is 0. The summed E-state index contributed by atoms with van der Waals surface area (Å²) in [6.45, 7) is 2.05. The smallest absolute Gasteiger partial charge is 0.358 e. The molecule has 0 aliphatic heterocycles. The molecule has 0 aliphatic rings. The van der Waals surface area contributed by atoms with Crippen LogP contribution in [0.3, 0.4) is 0 Å². The highest BCUT2D eigenvalue weighted by Crippen LogP contribution is 2.22. The standard InChI is InChI=1S/C6H13N5P/c1-4-12-9-5(7)8-6(10-12)11(2)3/h4H2,1-3H3,(H2,7,8,9,10)/q+1. The van der Waals surface area contributed by atoms with Crippen molar-refractivity contribution in [3.63, 3.8) is 0 Å². The molecule has 0 amide bonds. The number of rotatable bonds is 2. The zero-order chi connectivity index (χ0) is 9.14. The number of anilines is 2. The van der Waals surface area contributed by atoms with Crippen molar-refractivity contribution in [2.75, 3.05) is 24.7 Å². The van der Waals surface area contributed by atoms with Gasteiger partial charge in [0.15, 0.2) is 6.16 Å². The molecule has 1 rings (SSSR count). The molecule has 1 atom stereocenters. The summed E-state index contributed by atoms with van der Waals surface area (Å²) in [7, 11) is 3.12. The second-order valence-corrected chi connectivity index (χ2v) is 4.33. The van der Waals surface area contributed by atoms with Crippen molar-refractivity contribution < 1.29 is 0 Å². The van der Waals surface area contributed by atoms with Crippen LogP contribution in [0.2, 0.25) is 0 Å². The Balaban J connectivity index is 3.06. The molecule has 0 saturated heterocycles. The van der Waals surface area contributed by atoms with Gasteiger partial charge < -0.3 is 10.6 Å². The van der Waals surface area contributed by atoms with Crippen LogP contribution in [0.4, 0.5) is 11.9 Å². The third-order valence-corrected chi connectivity index (χ3v) is 2.73. The number of nitrogen functional groups attached to an aromatic ring is 1. The van der Waals surface area contributed by atoms with Crippen LogP contribution in [0.15, 0.2) is 0 Å². The van der Waals surface area contributed by atoms with E-state index in [2.05, 4.69) is 14.5 Å². The molecule has 2 N–H and O–H groups in total. The number of nitrogens with two attached hydrogens (primary N) is 1. The van der Waals surface area contributed by atoms with Crippen LogP contribution in [-0.2, 0) is 6.16 Å². The SMILES string of the molecule is CC[p+]1nc(N)nc(N(C)C)n1. The quantitative estimate of drug-likeness (QED) is 0.740. The van der Waals surface area contributed by atoms with Crippen LogP contribution in [0, 0.1) is 0 Å². The van der Waals surface area contributed by atoms with Crippen LogP contribution in [0.1, 0.15) is 6.92 Å². The number of nitrogens with zero attached hydrogens (tertiary/aromatic N) is 4. The first-order valence-corrected chi connectivity index (χ1v) is 5.16. The second kappa shape index (κ2) is 3.63. The van der Waals surface area contributed by atoms with Gasteiger partial charge in [-0.25, -0.2) is 0 Å². The summed E-state index contributed by atoms with van der Waals surface area (Å²) in [4.78, 5) is 5.84. The summed E-state index contributed by atoms with van der Waals surface area (Å²) in [6, 6.07) is 0. The van der Waals surface area contributed by atoms with Gasteiger partial charge in [0.2, 0.25) is 0 Å². The zero-order valence-corrected chi connectivity index (χ0v) is 8.41. The molecule has 0 aliphatic carbocycles. The van der Waals surface area contributed by atoms with Crippen molar-refractivity contribution in [2.45, 2.75) is 13.1 Å². The van der Waals surface area contributed by atoms with Crippen LogP contribution >= 0.6 is 7.85 Å². The molecule has 1 heterocycles. The molecule has 5 nitrogen and oxygen atoms in total. The average Bonchev–Trinajstić information content (AvgIpc) is 2.03. The Bertz CT molecular complexity index is 275. The molecule has 0 bridgehead atoms. The lowest BCUT2D eigenvalue weighted by atomic mass is 10.8. The van der Waals surface area contributed by atoms with E-state index in [0.29, 0.717) is 11.9 Å². The van der Waals surface area contributed by atoms with E-state index in [9.17, 15) is 0 Å². The monoisotopic (exact) mass is 186 g/mol. The molecule has 0 radical (unpaired) electrons. The van der Waals surface area contributed by atoms with Crippen LogP contribution in [0.25, 0.3) is 0 Å². The summed E-state index contributed by atoms with van der Waals surface area (Å²) in [5.74, 6) is 1.03. The van der Waals surface area contributed by atoms with Gasteiger partial charge >= 0.3 is 7.85 Å². The van der Waals surface area contributed by atoms with Gasteiger partial charge in [0.05, 0.1) is 0 Å². The van der Waals surface area contributed by atoms with Crippen LogP contribution in [-0.4, -0.2) is 28.6 Å². The highest BCUT2D eigenvalue weighted by atomic mass is 31.1. The van der Waals surface area contributed by atoms with Crippen molar-refractivity contribution in [1.29, 1.82) is 0 Å². The predicted molar refractivity (Wildman–Crippen MR) is 51.4 cm³/mol. The molecule has 0 spiro atoms. The van der Waals surface area contributed by atoms with E-state index >= 15 is 0 Å². The van der Waals surface area contributed by atoms with Gasteiger partial charge in [0.25, 0.3) is 11.9 Å². The van der Waals surface area contributed by atoms with Gasteiger partial charge in [-0.15, -0.1) is 0 Å². The summed E-state index contributed by atoms with van der Waals surface area (Å²) < 4.78 is 8.44. The number of aryl methyl sites for hydroxylation is 1. The minimum atomic E-state index is -0.665. The highest BCUT2D eigenvalue weighted by molar-refractivity contribution is 7.40. The summed E-state index contributed by atoms with van der Waals surface area (Å²) >= 11 is 0. The van der Waals surface area contributed by atoms with Crippen LogP contribution in [0.5, 0.6) is 0 Å². The Hall–Kier alpha value is -0.960. The molecule has 0 saturated carbocycles. The zero-order valence-electron chi connectivity index (χ0n) is 7.52. The predicted octanol–water partition coefficient (Wildman–Crippen LogP) is 0.807. The van der Waals surface area contributed by atoms with Gasteiger partial charge in [-0.1, -0.05) is 0 Å². The van der Waals surface area contributed by atoms with E-state index < -0.39 is 7.85 Å². The van der Waals surface area contributed by atoms with E-state index in [4.69, 9.17) is 5.73 Å². The van der Waals surface area contributed by atoms with E-state index in [1.807, 2.05) is 25.9 Å². The van der Waals surface area contributed by atoms with Crippen molar-refractivity contribution in [3.05, 3.63) is 0 Å². The third-order valence-electron chi connectivity index (χ3n) is 1.32. The number of hydrogen-bond acceptors (Lipinski definition) is 5. The largest absolute Gasteiger partial charge is 0.365 e. The number of hydrogen-bond donors (Lipinski definition) is 1. The summed E-state index contributed by atoms with van der Waals surface area (Å²) in [6.07, 6.45) is 0.920. The molecule has 0 aromatic carbocycles. The van der Waals surface area contributed by atoms with Crippen LogP contribution < -0.4 is 10.6 Å². The van der Waals surface area contributed by atoms with E-state index in [1.54, 1.807) is 0 Å². The maximum Gasteiger partial charge on any atom is 0.358 e. The minimum absolute atomic E-state index is 0.349. The molecule has 66 valence electrons. The molecule has 1 aromatic rings. The fraction of sp³-hybridized carbons (Fsp3) is 0.667. The van der Waals surface area contributed by atoms with Gasteiger partial charge in [-0.3, -0.25) is 0 Å². The van der Waals surface area contributed by atoms with E-state index in [-0.39, 0.29) is 0 Å². The lowest BCUT2D eigenvalue weighted by molar-refractivity contribution is 1.01. The van der Waals surface area contributed by atoms with Crippen molar-refractivity contribution in [3.8, 4) is 0 Å².